The van der Waals surface area contributed by atoms with Crippen LogP contribution in [0.15, 0.2) is 54.7 Å². The van der Waals surface area contributed by atoms with Gasteiger partial charge >= 0.3 is 11.9 Å². The number of hydrogen-bond donors (Lipinski definition) is 4. The van der Waals surface area contributed by atoms with E-state index in [1.54, 1.807) is 0 Å². The number of aromatic nitrogens is 3. The molecule has 4 heterocycles. The predicted octanol–water partition coefficient (Wildman–Crippen LogP) is 2.67. The number of nitrogens with zero attached hydrogens (tertiary/aromatic N) is 3. The molecule has 4 N–H and O–H groups in total. The summed E-state index contributed by atoms with van der Waals surface area (Å²) in [7, 11) is 0. The third kappa shape index (κ3) is 5.30. The standard InChI is InChI=1S/C19H21N5.C4H4O4/c1-2-15-11-24(12-16(3-1)21-15)19-7-6-18(22-23-19)13-4-5-17-14(10-13)8-9-20-17;5-3(6)1-2-4(7)8/h4-10,15-16,20-21H,1-3,11-12H2;1-2H,(H,5,6)(H,7,8)/b;2-1+. The molecule has 9 nitrogen and oxygen atoms in total. The Labute approximate surface area is 184 Å². The van der Waals surface area contributed by atoms with Gasteiger partial charge in [-0.05, 0) is 43.2 Å². The number of benzene rings is 1. The largest absolute Gasteiger partial charge is 0.478 e. The number of H-pyrrole nitrogens is 1. The van der Waals surface area contributed by atoms with E-state index in [0.717, 1.165) is 35.7 Å². The number of aromatic amines is 1. The number of fused-ring (bicyclic) bond motifs is 3. The molecule has 2 aliphatic heterocycles. The van der Waals surface area contributed by atoms with Crippen LogP contribution in [0.1, 0.15) is 19.3 Å². The number of piperidine rings is 1. The van der Waals surface area contributed by atoms with Crippen LogP contribution in [0.5, 0.6) is 0 Å². The fourth-order valence-corrected chi connectivity index (χ4v) is 4.20. The van der Waals surface area contributed by atoms with Gasteiger partial charge in [-0.25, -0.2) is 9.59 Å². The van der Waals surface area contributed by atoms with Crippen LogP contribution in [0.4, 0.5) is 5.82 Å². The van der Waals surface area contributed by atoms with Crippen LogP contribution in [-0.2, 0) is 9.59 Å². The molecule has 0 spiro atoms. The summed E-state index contributed by atoms with van der Waals surface area (Å²) in [4.78, 5) is 24.7. The molecule has 0 saturated carbocycles. The van der Waals surface area contributed by atoms with E-state index in [1.165, 1.54) is 24.6 Å². The lowest BCUT2D eigenvalue weighted by atomic mass is 9.94. The zero-order valence-electron chi connectivity index (χ0n) is 17.4. The summed E-state index contributed by atoms with van der Waals surface area (Å²) in [5.41, 5.74) is 3.19. The Kier molecular flexibility index (Phi) is 6.46. The van der Waals surface area contributed by atoms with Crippen molar-refractivity contribution in [2.45, 2.75) is 31.3 Å². The summed E-state index contributed by atoms with van der Waals surface area (Å²) < 4.78 is 0. The summed E-state index contributed by atoms with van der Waals surface area (Å²) >= 11 is 0. The van der Waals surface area contributed by atoms with Gasteiger partial charge in [0.2, 0.25) is 0 Å². The van der Waals surface area contributed by atoms with Crippen LogP contribution < -0.4 is 10.2 Å². The Morgan fingerprint density at radius 1 is 0.969 bits per heavy atom. The highest BCUT2D eigenvalue weighted by Gasteiger charge is 2.30. The van der Waals surface area contributed by atoms with Crippen LogP contribution in [0.3, 0.4) is 0 Å². The maximum atomic E-state index is 9.55. The normalized spacial score (nSPS) is 20.1. The number of rotatable bonds is 4. The Bertz CT molecular complexity index is 1100. The summed E-state index contributed by atoms with van der Waals surface area (Å²) in [5.74, 6) is -1.51. The van der Waals surface area contributed by atoms with Gasteiger partial charge in [0.15, 0.2) is 5.82 Å². The van der Waals surface area contributed by atoms with Gasteiger partial charge in [-0.3, -0.25) is 0 Å². The number of nitrogens with one attached hydrogen (secondary N) is 2. The van der Waals surface area contributed by atoms with Crippen LogP contribution >= 0.6 is 0 Å². The van der Waals surface area contributed by atoms with E-state index in [0.29, 0.717) is 24.2 Å². The van der Waals surface area contributed by atoms with Crippen molar-refractivity contribution in [1.29, 1.82) is 0 Å². The second-order valence-corrected chi connectivity index (χ2v) is 7.96. The quantitative estimate of drug-likeness (QED) is 0.460. The Morgan fingerprint density at radius 2 is 1.69 bits per heavy atom. The van der Waals surface area contributed by atoms with Crippen LogP contribution in [0.2, 0.25) is 0 Å². The average molecular weight is 435 g/mol. The van der Waals surface area contributed by atoms with Crippen LogP contribution in [0.25, 0.3) is 22.2 Å². The first kappa shape index (κ1) is 21.5. The lowest BCUT2D eigenvalue weighted by molar-refractivity contribution is -0.134. The van der Waals surface area contributed by atoms with Gasteiger partial charge in [-0.15, -0.1) is 10.2 Å². The first-order chi connectivity index (χ1) is 15.5. The van der Waals surface area contributed by atoms with Gasteiger partial charge in [0.1, 0.15) is 0 Å². The highest BCUT2D eigenvalue weighted by atomic mass is 16.4. The lowest BCUT2D eigenvalue weighted by Gasteiger charge is -2.42. The number of anilines is 1. The molecule has 9 heteroatoms. The van der Waals surface area contributed by atoms with E-state index in [9.17, 15) is 9.59 Å². The maximum absolute atomic E-state index is 9.55. The van der Waals surface area contributed by atoms with Crippen LogP contribution in [-0.4, -0.2) is 62.5 Å². The zero-order valence-corrected chi connectivity index (χ0v) is 17.4. The molecule has 2 saturated heterocycles. The molecule has 1 aromatic carbocycles. The van der Waals surface area contributed by atoms with Crippen molar-refractivity contribution in [2.75, 3.05) is 18.0 Å². The van der Waals surface area contributed by atoms with Crippen molar-refractivity contribution in [3.63, 3.8) is 0 Å². The number of carboxylic acid groups (broad SMARTS) is 2. The molecule has 32 heavy (non-hydrogen) atoms. The molecule has 0 radical (unpaired) electrons. The molecule has 2 aromatic heterocycles. The van der Waals surface area contributed by atoms with E-state index >= 15 is 0 Å². The van der Waals surface area contributed by atoms with Gasteiger partial charge in [-0.1, -0.05) is 12.5 Å². The molecular formula is C23H25N5O4. The number of aliphatic carboxylic acids is 2. The van der Waals surface area contributed by atoms with E-state index in [1.807, 2.05) is 6.20 Å². The molecule has 3 aromatic rings. The highest BCUT2D eigenvalue weighted by Crippen LogP contribution is 2.25. The fraction of sp³-hybridized carbons (Fsp3) is 0.304. The third-order valence-electron chi connectivity index (χ3n) is 5.65. The number of piperazine rings is 1. The molecule has 2 fully saturated rings. The Hall–Kier alpha value is -3.72. The van der Waals surface area contributed by atoms with Crippen molar-refractivity contribution in [3.8, 4) is 11.3 Å². The average Bonchev–Trinajstić information content (AvgIpc) is 3.26. The minimum absolute atomic E-state index is 0.558. The minimum Gasteiger partial charge on any atom is -0.478 e. The van der Waals surface area contributed by atoms with E-state index < -0.39 is 11.9 Å². The summed E-state index contributed by atoms with van der Waals surface area (Å²) in [6.45, 7) is 2.08. The molecule has 2 bridgehead atoms. The zero-order chi connectivity index (χ0) is 22.5. The molecule has 2 unspecified atom stereocenters. The monoisotopic (exact) mass is 435 g/mol. The molecule has 2 atom stereocenters. The third-order valence-corrected chi connectivity index (χ3v) is 5.65. The van der Waals surface area contributed by atoms with Crippen molar-refractivity contribution in [2.24, 2.45) is 0 Å². The first-order valence-electron chi connectivity index (χ1n) is 10.5. The van der Waals surface area contributed by atoms with Crippen molar-refractivity contribution < 1.29 is 19.8 Å². The van der Waals surface area contributed by atoms with Gasteiger partial charge < -0.3 is 25.4 Å². The smallest absolute Gasteiger partial charge is 0.328 e. The lowest BCUT2D eigenvalue weighted by Crippen LogP contribution is -2.59. The number of carboxylic acids is 2. The van der Waals surface area contributed by atoms with E-state index in [4.69, 9.17) is 10.2 Å². The van der Waals surface area contributed by atoms with E-state index in [2.05, 4.69) is 61.8 Å². The summed E-state index contributed by atoms with van der Waals surface area (Å²) in [5, 5.41) is 29.5. The number of hydrogen-bond acceptors (Lipinski definition) is 6. The van der Waals surface area contributed by atoms with Gasteiger partial charge in [0.25, 0.3) is 0 Å². The SMILES string of the molecule is O=C(O)/C=C/C(=O)O.c1cc2cc(-c3ccc(N4CC5CCCC(C4)N5)nn3)ccc2[nH]1. The van der Waals surface area contributed by atoms with Gasteiger partial charge in [0.05, 0.1) is 5.69 Å². The van der Waals surface area contributed by atoms with Gasteiger partial charge in [-0.2, -0.15) is 0 Å². The predicted molar refractivity (Wildman–Crippen MR) is 121 cm³/mol. The van der Waals surface area contributed by atoms with Crippen molar-refractivity contribution in [3.05, 3.63) is 54.7 Å². The first-order valence-corrected chi connectivity index (χ1v) is 10.5. The van der Waals surface area contributed by atoms with Crippen LogP contribution in [0, 0.1) is 0 Å². The number of carbonyl (C=O) groups is 2. The Balaban J connectivity index is 0.000000265. The molecule has 166 valence electrons. The summed E-state index contributed by atoms with van der Waals surface area (Å²) in [6, 6.07) is 13.9. The summed E-state index contributed by atoms with van der Waals surface area (Å²) in [6.07, 6.45) is 6.97. The molecule has 2 aliphatic rings. The topological polar surface area (TPSA) is 131 Å². The highest BCUT2D eigenvalue weighted by molar-refractivity contribution is 5.89. The molecule has 0 aliphatic carbocycles. The van der Waals surface area contributed by atoms with Crippen molar-refractivity contribution in [1.82, 2.24) is 20.5 Å². The Morgan fingerprint density at radius 3 is 2.31 bits per heavy atom. The van der Waals surface area contributed by atoms with E-state index in [-0.39, 0.29) is 0 Å². The maximum Gasteiger partial charge on any atom is 0.328 e. The molecule has 0 amide bonds. The molecule has 5 rings (SSSR count). The minimum atomic E-state index is -1.26. The second kappa shape index (κ2) is 9.61. The molecular weight excluding hydrogens is 410 g/mol. The van der Waals surface area contributed by atoms with Gasteiger partial charge in [0, 0.05) is 60.0 Å². The second-order valence-electron chi connectivity index (χ2n) is 7.96. The fourth-order valence-electron chi connectivity index (χ4n) is 4.20. The van der Waals surface area contributed by atoms with Crippen molar-refractivity contribution >= 4 is 28.7 Å².